The van der Waals surface area contributed by atoms with E-state index < -0.39 is 0 Å². The quantitative estimate of drug-likeness (QED) is 0.853. The molecule has 0 amide bonds. The van der Waals surface area contributed by atoms with E-state index in [9.17, 15) is 0 Å². The summed E-state index contributed by atoms with van der Waals surface area (Å²) in [6.07, 6.45) is 1.81. The van der Waals surface area contributed by atoms with Gasteiger partial charge in [-0.1, -0.05) is 13.8 Å². The van der Waals surface area contributed by atoms with Crippen molar-refractivity contribution in [2.75, 3.05) is 6.54 Å². The lowest BCUT2D eigenvalue weighted by Gasteiger charge is -2.05. The minimum absolute atomic E-state index is 0.658. The molecule has 0 saturated heterocycles. The number of aryl methyl sites for hydroxylation is 1. The molecule has 4 heteroatoms. The number of aromatic nitrogens is 2. The van der Waals surface area contributed by atoms with E-state index in [2.05, 4.69) is 24.3 Å². The van der Waals surface area contributed by atoms with Gasteiger partial charge in [0.15, 0.2) is 0 Å². The van der Waals surface area contributed by atoms with Crippen molar-refractivity contribution in [2.45, 2.75) is 33.9 Å². The highest BCUT2D eigenvalue weighted by Gasteiger charge is 2.05. The van der Waals surface area contributed by atoms with Crippen LogP contribution < -0.4 is 5.32 Å². The Bertz CT molecular complexity index is 485. The van der Waals surface area contributed by atoms with Crippen LogP contribution in [0.3, 0.4) is 0 Å². The van der Waals surface area contributed by atoms with Gasteiger partial charge < -0.3 is 9.73 Å². The molecule has 0 aromatic carbocycles. The molecule has 0 saturated carbocycles. The van der Waals surface area contributed by atoms with Gasteiger partial charge in [-0.15, -0.1) is 0 Å². The molecule has 2 aromatic rings. The van der Waals surface area contributed by atoms with Crippen LogP contribution in [0.5, 0.6) is 0 Å². The maximum atomic E-state index is 5.77. The van der Waals surface area contributed by atoms with Gasteiger partial charge in [0.2, 0.25) is 0 Å². The molecule has 98 valence electrons. The Morgan fingerprint density at radius 1 is 1.28 bits per heavy atom. The summed E-state index contributed by atoms with van der Waals surface area (Å²) < 4.78 is 7.71. The average Bonchev–Trinajstić information content (AvgIpc) is 2.90. The molecule has 2 heterocycles. The summed E-state index contributed by atoms with van der Waals surface area (Å²) in [5, 5.41) is 7.62. The molecule has 18 heavy (non-hydrogen) atoms. The topological polar surface area (TPSA) is 43.0 Å². The molecule has 0 aliphatic carbocycles. The molecule has 0 unspecified atom stereocenters. The van der Waals surface area contributed by atoms with Crippen LogP contribution in [0.2, 0.25) is 0 Å². The fourth-order valence-electron chi connectivity index (χ4n) is 1.80. The van der Waals surface area contributed by atoms with E-state index in [0.717, 1.165) is 30.3 Å². The third kappa shape index (κ3) is 3.47. The number of rotatable bonds is 6. The molecule has 0 bridgehead atoms. The number of nitrogens with one attached hydrogen (secondary N) is 1. The van der Waals surface area contributed by atoms with Crippen LogP contribution >= 0.6 is 0 Å². The predicted octanol–water partition coefficient (Wildman–Crippen LogP) is 2.58. The summed E-state index contributed by atoms with van der Waals surface area (Å²) in [5.41, 5.74) is 1.14. The largest absolute Gasteiger partial charge is 0.463 e. The lowest BCUT2D eigenvalue weighted by atomic mass is 10.2. The summed E-state index contributed by atoms with van der Waals surface area (Å²) in [4.78, 5) is 0. The van der Waals surface area contributed by atoms with Gasteiger partial charge in [-0.3, -0.25) is 4.68 Å². The molecule has 0 atom stereocenters. The van der Waals surface area contributed by atoms with E-state index >= 15 is 0 Å². The first-order valence-electron chi connectivity index (χ1n) is 6.42. The van der Waals surface area contributed by atoms with Crippen molar-refractivity contribution in [1.82, 2.24) is 15.1 Å². The molecular formula is C14H21N3O. The van der Waals surface area contributed by atoms with E-state index in [4.69, 9.17) is 4.42 Å². The Hall–Kier alpha value is -1.55. The first kappa shape index (κ1) is 12.9. The smallest absolute Gasteiger partial charge is 0.125 e. The molecule has 0 aliphatic rings. The van der Waals surface area contributed by atoms with Gasteiger partial charge in [-0.25, -0.2) is 0 Å². The highest BCUT2D eigenvalue weighted by Crippen LogP contribution is 2.10. The minimum Gasteiger partial charge on any atom is -0.463 e. The average molecular weight is 247 g/mol. The van der Waals surface area contributed by atoms with E-state index in [-0.39, 0.29) is 0 Å². The van der Waals surface area contributed by atoms with Crippen molar-refractivity contribution in [2.24, 2.45) is 5.92 Å². The van der Waals surface area contributed by atoms with E-state index in [1.165, 1.54) is 0 Å². The molecule has 0 aliphatic heterocycles. The fraction of sp³-hybridized carbons (Fsp3) is 0.500. The Morgan fingerprint density at radius 3 is 2.72 bits per heavy atom. The molecule has 1 N–H and O–H groups in total. The third-order valence-corrected chi connectivity index (χ3v) is 2.80. The SMILES string of the molecule is Cc1ccnn1Cc1ccc(CNCC(C)C)o1. The number of furan rings is 1. The zero-order chi connectivity index (χ0) is 13.0. The van der Waals surface area contributed by atoms with Crippen LogP contribution in [-0.4, -0.2) is 16.3 Å². The molecule has 2 rings (SSSR count). The van der Waals surface area contributed by atoms with Crippen molar-refractivity contribution >= 4 is 0 Å². The monoisotopic (exact) mass is 247 g/mol. The van der Waals surface area contributed by atoms with Crippen molar-refractivity contribution in [1.29, 1.82) is 0 Å². The summed E-state index contributed by atoms with van der Waals surface area (Å²) in [6, 6.07) is 6.04. The second kappa shape index (κ2) is 5.87. The van der Waals surface area contributed by atoms with Gasteiger partial charge in [0.05, 0.1) is 13.1 Å². The Kier molecular flexibility index (Phi) is 4.20. The fourth-order valence-corrected chi connectivity index (χ4v) is 1.80. The second-order valence-electron chi connectivity index (χ2n) is 5.02. The number of nitrogens with zero attached hydrogens (tertiary/aromatic N) is 2. The zero-order valence-corrected chi connectivity index (χ0v) is 11.3. The van der Waals surface area contributed by atoms with Crippen molar-refractivity contribution in [3.8, 4) is 0 Å². The number of hydrogen-bond acceptors (Lipinski definition) is 3. The molecule has 0 radical (unpaired) electrons. The van der Waals surface area contributed by atoms with Gasteiger partial charge in [-0.05, 0) is 37.6 Å². The number of hydrogen-bond donors (Lipinski definition) is 1. The van der Waals surface area contributed by atoms with Gasteiger partial charge in [-0.2, -0.15) is 5.10 Å². The first-order chi connectivity index (χ1) is 8.65. The molecule has 4 nitrogen and oxygen atoms in total. The highest BCUT2D eigenvalue weighted by atomic mass is 16.3. The maximum Gasteiger partial charge on any atom is 0.125 e. The van der Waals surface area contributed by atoms with E-state index in [1.54, 1.807) is 0 Å². The minimum atomic E-state index is 0.658. The first-order valence-corrected chi connectivity index (χ1v) is 6.42. The van der Waals surface area contributed by atoms with Crippen LogP contribution in [0.1, 0.15) is 31.1 Å². The lowest BCUT2D eigenvalue weighted by Crippen LogP contribution is -2.18. The van der Waals surface area contributed by atoms with Crippen LogP contribution in [0, 0.1) is 12.8 Å². The maximum absolute atomic E-state index is 5.77. The Labute approximate surface area is 108 Å². The van der Waals surface area contributed by atoms with Crippen LogP contribution in [-0.2, 0) is 13.1 Å². The van der Waals surface area contributed by atoms with Gasteiger partial charge in [0, 0.05) is 11.9 Å². The van der Waals surface area contributed by atoms with Crippen LogP contribution in [0.4, 0.5) is 0 Å². The summed E-state index contributed by atoms with van der Waals surface area (Å²) in [6.45, 7) is 8.93. The summed E-state index contributed by atoms with van der Waals surface area (Å²) in [5.74, 6) is 2.59. The van der Waals surface area contributed by atoms with Crippen LogP contribution in [0.25, 0.3) is 0 Å². The van der Waals surface area contributed by atoms with Gasteiger partial charge in [0.1, 0.15) is 11.5 Å². The molecule has 0 spiro atoms. The van der Waals surface area contributed by atoms with Crippen LogP contribution in [0.15, 0.2) is 28.8 Å². The Morgan fingerprint density at radius 2 is 2.06 bits per heavy atom. The molecular weight excluding hydrogens is 226 g/mol. The Balaban J connectivity index is 1.88. The lowest BCUT2D eigenvalue weighted by molar-refractivity contribution is 0.421. The summed E-state index contributed by atoms with van der Waals surface area (Å²) >= 11 is 0. The molecule has 2 aromatic heterocycles. The zero-order valence-electron chi connectivity index (χ0n) is 11.3. The third-order valence-electron chi connectivity index (χ3n) is 2.80. The van der Waals surface area contributed by atoms with Crippen molar-refractivity contribution < 1.29 is 4.42 Å². The van der Waals surface area contributed by atoms with Gasteiger partial charge in [0.25, 0.3) is 0 Å². The van der Waals surface area contributed by atoms with E-state index in [1.807, 2.05) is 36.0 Å². The highest BCUT2D eigenvalue weighted by molar-refractivity contribution is 5.08. The van der Waals surface area contributed by atoms with E-state index in [0.29, 0.717) is 12.5 Å². The standard InChI is InChI=1S/C14H21N3O/c1-11(2)8-15-9-13-4-5-14(18-13)10-17-12(3)6-7-16-17/h4-7,11,15H,8-10H2,1-3H3. The van der Waals surface area contributed by atoms with Crippen molar-refractivity contribution in [3.63, 3.8) is 0 Å². The van der Waals surface area contributed by atoms with Crippen molar-refractivity contribution in [3.05, 3.63) is 41.6 Å². The van der Waals surface area contributed by atoms with Gasteiger partial charge >= 0.3 is 0 Å². The second-order valence-corrected chi connectivity index (χ2v) is 5.02. The summed E-state index contributed by atoms with van der Waals surface area (Å²) in [7, 11) is 0. The molecule has 0 fully saturated rings. The predicted molar refractivity (Wildman–Crippen MR) is 71.3 cm³/mol. The normalized spacial score (nSPS) is 11.3.